The first-order valence-electron chi connectivity index (χ1n) is 9.55. The molecule has 0 aliphatic carbocycles. The molecule has 3 aromatic rings. The zero-order valence-electron chi connectivity index (χ0n) is 16.6. The van der Waals surface area contributed by atoms with Crippen LogP contribution in [0.1, 0.15) is 30.3 Å². The Morgan fingerprint density at radius 3 is 2.73 bits per heavy atom. The smallest absolute Gasteiger partial charge is 0.338 e. The van der Waals surface area contributed by atoms with Gasteiger partial charge in [0, 0.05) is 4.88 Å². The number of allylic oxidation sites excluding steroid dienone is 2. The van der Waals surface area contributed by atoms with Gasteiger partial charge < -0.3 is 4.74 Å². The Hall–Kier alpha value is -3.03. The van der Waals surface area contributed by atoms with Gasteiger partial charge in [-0.2, -0.15) is 0 Å². The quantitative estimate of drug-likeness (QED) is 0.575. The van der Waals surface area contributed by atoms with Crippen molar-refractivity contribution >= 4 is 40.8 Å². The van der Waals surface area contributed by atoms with E-state index in [9.17, 15) is 9.59 Å². The van der Waals surface area contributed by atoms with Gasteiger partial charge in [0.25, 0.3) is 5.56 Å². The van der Waals surface area contributed by atoms with Crippen molar-refractivity contribution in [2.45, 2.75) is 19.9 Å². The van der Waals surface area contributed by atoms with Crippen molar-refractivity contribution in [3.8, 4) is 0 Å². The molecular weight excluding hydrogens is 416 g/mol. The van der Waals surface area contributed by atoms with E-state index in [0.29, 0.717) is 20.6 Å². The predicted molar refractivity (Wildman–Crippen MR) is 121 cm³/mol. The first-order valence-corrected chi connectivity index (χ1v) is 11.2. The molecule has 0 radical (unpaired) electrons. The monoisotopic (exact) mass is 436 g/mol. The standard InChI is InChI=1S/C23H20N2O3S2/c1-3-28-22(27)19-15(2)24-23-25(20(19)17-13-8-14-29-17)21(26)18(30-23)12-7-11-16-9-5-4-6-10-16/h4-14,20H,3H2,1-2H3/b11-7+,18-12-/t20-/m1/s1. The van der Waals surface area contributed by atoms with Crippen molar-refractivity contribution in [1.82, 2.24) is 4.57 Å². The lowest BCUT2D eigenvalue weighted by Gasteiger charge is -2.23. The molecule has 0 fully saturated rings. The average Bonchev–Trinajstić information content (AvgIpc) is 3.37. The lowest BCUT2D eigenvalue weighted by molar-refractivity contribution is -0.139. The summed E-state index contributed by atoms with van der Waals surface area (Å²) in [6.45, 7) is 3.82. The van der Waals surface area contributed by atoms with Crippen LogP contribution in [0.25, 0.3) is 12.2 Å². The molecule has 4 rings (SSSR count). The molecule has 0 spiro atoms. The Morgan fingerprint density at radius 1 is 1.23 bits per heavy atom. The molecular formula is C23H20N2O3S2. The minimum atomic E-state index is -0.527. The van der Waals surface area contributed by atoms with Gasteiger partial charge in [0.1, 0.15) is 6.04 Å². The maximum absolute atomic E-state index is 13.3. The SMILES string of the molecule is CCOC(=O)C1=C(C)N=c2s/c(=C\C=C\c3ccccc3)c(=O)n2[C@@H]1c1cccs1. The van der Waals surface area contributed by atoms with Gasteiger partial charge in [-0.3, -0.25) is 9.36 Å². The number of hydrogen-bond donors (Lipinski definition) is 0. The first-order chi connectivity index (χ1) is 14.6. The van der Waals surface area contributed by atoms with Gasteiger partial charge in [0.15, 0.2) is 4.80 Å². The van der Waals surface area contributed by atoms with Crippen molar-refractivity contribution < 1.29 is 9.53 Å². The second kappa shape index (κ2) is 8.77. The third-order valence-electron chi connectivity index (χ3n) is 4.67. The van der Waals surface area contributed by atoms with Gasteiger partial charge in [-0.15, -0.1) is 11.3 Å². The number of nitrogens with zero attached hydrogens (tertiary/aromatic N) is 2. The van der Waals surface area contributed by atoms with Crippen molar-refractivity contribution in [1.29, 1.82) is 0 Å². The molecule has 0 amide bonds. The summed E-state index contributed by atoms with van der Waals surface area (Å²) < 4.78 is 7.45. The van der Waals surface area contributed by atoms with E-state index < -0.39 is 12.0 Å². The van der Waals surface area contributed by atoms with E-state index in [-0.39, 0.29) is 12.2 Å². The molecule has 7 heteroatoms. The molecule has 3 heterocycles. The normalized spacial score (nSPS) is 16.6. The molecule has 2 aromatic heterocycles. The summed E-state index contributed by atoms with van der Waals surface area (Å²) in [5.41, 5.74) is 1.89. The molecule has 1 aliphatic heterocycles. The van der Waals surface area contributed by atoms with Crippen molar-refractivity contribution in [2.24, 2.45) is 4.99 Å². The Morgan fingerprint density at radius 2 is 2.03 bits per heavy atom. The fourth-order valence-corrected chi connectivity index (χ4v) is 5.15. The van der Waals surface area contributed by atoms with Crippen LogP contribution in [-0.4, -0.2) is 17.1 Å². The largest absolute Gasteiger partial charge is 0.463 e. The Bertz CT molecular complexity index is 1300. The van der Waals surface area contributed by atoms with Crippen LogP contribution < -0.4 is 14.9 Å². The van der Waals surface area contributed by atoms with Crippen LogP contribution in [0.3, 0.4) is 0 Å². The lowest BCUT2D eigenvalue weighted by Crippen LogP contribution is -2.39. The van der Waals surface area contributed by atoms with Crippen LogP contribution in [0, 0.1) is 0 Å². The van der Waals surface area contributed by atoms with E-state index in [4.69, 9.17) is 4.74 Å². The number of thiazole rings is 1. The fourth-order valence-electron chi connectivity index (χ4n) is 3.33. The highest BCUT2D eigenvalue weighted by Crippen LogP contribution is 2.33. The summed E-state index contributed by atoms with van der Waals surface area (Å²) in [4.78, 5) is 32.0. The third kappa shape index (κ3) is 3.86. The maximum atomic E-state index is 13.3. The number of benzene rings is 1. The number of carbonyl (C=O) groups excluding carboxylic acids is 1. The molecule has 0 unspecified atom stereocenters. The average molecular weight is 437 g/mol. The number of esters is 1. The highest BCUT2D eigenvalue weighted by molar-refractivity contribution is 7.10. The lowest BCUT2D eigenvalue weighted by atomic mass is 10.0. The van der Waals surface area contributed by atoms with Crippen molar-refractivity contribution in [2.75, 3.05) is 6.61 Å². The topological polar surface area (TPSA) is 60.7 Å². The molecule has 0 bridgehead atoms. The number of fused-ring (bicyclic) bond motifs is 1. The van der Waals surface area contributed by atoms with Crippen LogP contribution in [0.15, 0.2) is 75.0 Å². The fraction of sp³-hybridized carbons (Fsp3) is 0.174. The summed E-state index contributed by atoms with van der Waals surface area (Å²) in [6.07, 6.45) is 5.61. The van der Waals surface area contributed by atoms with Gasteiger partial charge in [0.05, 0.1) is 22.4 Å². The van der Waals surface area contributed by atoms with Gasteiger partial charge in [-0.05, 0) is 36.9 Å². The molecule has 152 valence electrons. The van der Waals surface area contributed by atoms with Crippen LogP contribution in [-0.2, 0) is 9.53 Å². The van der Waals surface area contributed by atoms with Gasteiger partial charge in [0.2, 0.25) is 0 Å². The number of hydrogen-bond acceptors (Lipinski definition) is 6. The number of carbonyl (C=O) groups is 1. The van der Waals surface area contributed by atoms with E-state index in [2.05, 4.69) is 4.99 Å². The van der Waals surface area contributed by atoms with Crippen LogP contribution >= 0.6 is 22.7 Å². The molecule has 30 heavy (non-hydrogen) atoms. The zero-order valence-corrected chi connectivity index (χ0v) is 18.2. The van der Waals surface area contributed by atoms with Crippen molar-refractivity contribution in [3.63, 3.8) is 0 Å². The van der Waals surface area contributed by atoms with E-state index in [1.807, 2.05) is 60.0 Å². The molecule has 1 atom stereocenters. The molecule has 0 N–H and O–H groups in total. The first kappa shape index (κ1) is 20.3. The number of ether oxygens (including phenoxy) is 1. The Labute approximate surface area is 181 Å². The highest BCUT2D eigenvalue weighted by Gasteiger charge is 2.33. The predicted octanol–water partition coefficient (Wildman–Crippen LogP) is 3.52. The van der Waals surface area contributed by atoms with Gasteiger partial charge in [-0.1, -0.05) is 59.9 Å². The third-order valence-corrected chi connectivity index (χ3v) is 6.59. The second-order valence-electron chi connectivity index (χ2n) is 6.61. The second-order valence-corrected chi connectivity index (χ2v) is 8.60. The minimum Gasteiger partial charge on any atom is -0.463 e. The maximum Gasteiger partial charge on any atom is 0.338 e. The van der Waals surface area contributed by atoms with E-state index in [0.717, 1.165) is 10.4 Å². The number of thiophene rings is 1. The van der Waals surface area contributed by atoms with E-state index in [1.54, 1.807) is 24.5 Å². The summed E-state index contributed by atoms with van der Waals surface area (Å²) in [6, 6.07) is 13.2. The minimum absolute atomic E-state index is 0.163. The number of rotatable bonds is 5. The highest BCUT2D eigenvalue weighted by atomic mass is 32.1. The van der Waals surface area contributed by atoms with Crippen LogP contribution in [0.4, 0.5) is 0 Å². The molecule has 0 saturated heterocycles. The summed E-state index contributed by atoms with van der Waals surface area (Å²) in [5.74, 6) is -0.435. The molecule has 1 aromatic carbocycles. The van der Waals surface area contributed by atoms with Crippen LogP contribution in [0.2, 0.25) is 0 Å². The summed E-state index contributed by atoms with van der Waals surface area (Å²) in [5, 5.41) is 1.94. The van der Waals surface area contributed by atoms with Gasteiger partial charge >= 0.3 is 5.97 Å². The van der Waals surface area contributed by atoms with Crippen molar-refractivity contribution in [3.05, 3.63) is 95.3 Å². The Balaban J connectivity index is 1.83. The Kier molecular flexibility index (Phi) is 5.92. The van der Waals surface area contributed by atoms with E-state index >= 15 is 0 Å². The molecule has 1 aliphatic rings. The summed E-state index contributed by atoms with van der Waals surface area (Å²) in [7, 11) is 0. The number of aromatic nitrogens is 1. The van der Waals surface area contributed by atoms with Crippen LogP contribution in [0.5, 0.6) is 0 Å². The van der Waals surface area contributed by atoms with E-state index in [1.165, 1.54) is 22.7 Å². The zero-order chi connectivity index (χ0) is 21.1. The molecule has 0 saturated carbocycles. The van der Waals surface area contributed by atoms with Gasteiger partial charge in [-0.25, -0.2) is 9.79 Å². The summed E-state index contributed by atoms with van der Waals surface area (Å²) >= 11 is 2.83. The molecule has 5 nitrogen and oxygen atoms in total.